The molecule has 2 unspecified atom stereocenters. The molecule has 0 saturated carbocycles. The highest BCUT2D eigenvalue weighted by molar-refractivity contribution is 6.31. The Morgan fingerprint density at radius 1 is 1.55 bits per heavy atom. The first-order valence-electron chi connectivity index (χ1n) is 7.62. The molecule has 1 aliphatic heterocycles. The van der Waals surface area contributed by atoms with Crippen molar-refractivity contribution in [1.82, 2.24) is 10.3 Å². The molecule has 1 aromatic heterocycles. The monoisotopic (exact) mass is 293 g/mol. The minimum atomic E-state index is -0.379. The van der Waals surface area contributed by atoms with Gasteiger partial charge in [0.25, 0.3) is 0 Å². The second-order valence-corrected chi connectivity index (χ2v) is 7.61. The summed E-state index contributed by atoms with van der Waals surface area (Å²) >= 11 is 5.99. The lowest BCUT2D eigenvalue weighted by Gasteiger charge is -2.43. The fourth-order valence-electron chi connectivity index (χ4n) is 3.41. The number of nitrogens with one attached hydrogen (secondary N) is 1. The Balaban J connectivity index is 1.95. The van der Waals surface area contributed by atoms with Gasteiger partial charge in [0.1, 0.15) is 1.41 Å². The lowest BCUT2D eigenvalue weighted by atomic mass is 9.68. The van der Waals surface area contributed by atoms with E-state index in [9.17, 15) is 4.79 Å². The van der Waals surface area contributed by atoms with Gasteiger partial charge in [-0.15, -0.1) is 0 Å². The van der Waals surface area contributed by atoms with E-state index < -0.39 is 0 Å². The van der Waals surface area contributed by atoms with Gasteiger partial charge in [-0.25, -0.2) is 0 Å². The van der Waals surface area contributed by atoms with Crippen LogP contribution in [0.2, 0.25) is 6.43 Å². The zero-order valence-corrected chi connectivity index (χ0v) is 13.0. The fourth-order valence-corrected chi connectivity index (χ4v) is 3.57. The predicted octanol–water partition coefficient (Wildman–Crippen LogP) is 3.26. The molecule has 1 spiro atoms. The van der Waals surface area contributed by atoms with Gasteiger partial charge >= 0.3 is 0 Å². The molecular formula is C16H21ClN2O. The zero-order valence-electron chi connectivity index (χ0n) is 13.2. The van der Waals surface area contributed by atoms with Crippen LogP contribution >= 0.6 is 11.6 Å². The molecule has 3 rings (SSSR count). The van der Waals surface area contributed by atoms with Crippen molar-refractivity contribution in [1.29, 1.82) is 0 Å². The van der Waals surface area contributed by atoms with Crippen molar-refractivity contribution < 1.29 is 6.21 Å². The number of rotatable bonds is 0. The van der Waals surface area contributed by atoms with Gasteiger partial charge in [-0.05, 0) is 30.9 Å². The standard InChI is InChI=1S/C16H21ClN2O/c1-15(2,3)13-8-16(4-5-18-13)7-12-11(14(16)20)6-10(17)9-19-12/h6,9,13,18H,4-5,7-8H2,1-3H3/i/hD. The molecular weight excluding hydrogens is 272 g/mol. The van der Waals surface area contributed by atoms with E-state index in [-0.39, 0.29) is 22.7 Å². The molecule has 1 saturated heterocycles. The summed E-state index contributed by atoms with van der Waals surface area (Å²) in [5.74, 6) is 0.176. The molecule has 20 heavy (non-hydrogen) atoms. The van der Waals surface area contributed by atoms with Crippen molar-refractivity contribution in [2.24, 2.45) is 10.8 Å². The third-order valence-electron chi connectivity index (χ3n) is 4.69. The van der Waals surface area contributed by atoms with Crippen LogP contribution in [0.25, 0.3) is 0 Å². The Kier molecular flexibility index (Phi) is 2.90. The Morgan fingerprint density at radius 3 is 3.00 bits per heavy atom. The van der Waals surface area contributed by atoms with Gasteiger partial charge in [-0.2, -0.15) is 0 Å². The van der Waals surface area contributed by atoms with E-state index >= 15 is 0 Å². The maximum Gasteiger partial charge on any atom is 0.171 e. The van der Waals surface area contributed by atoms with Crippen molar-refractivity contribution >= 4 is 17.4 Å². The van der Waals surface area contributed by atoms with Crippen LogP contribution in [-0.4, -0.2) is 23.4 Å². The van der Waals surface area contributed by atoms with Crippen LogP contribution in [0.4, 0.5) is 0 Å². The molecule has 1 fully saturated rings. The van der Waals surface area contributed by atoms with Gasteiger partial charge in [0.05, 0.1) is 10.7 Å². The van der Waals surface area contributed by atoms with Crippen LogP contribution in [-0.2, 0) is 6.42 Å². The molecule has 2 heterocycles. The number of Topliss-reactive ketones (excluding diaryl/α,β-unsaturated/α-hetero) is 1. The molecule has 0 radical (unpaired) electrons. The maximum absolute atomic E-state index is 12.9. The Hall–Kier alpha value is -0.930. The molecule has 2 atom stereocenters. The molecule has 1 aliphatic carbocycles. The van der Waals surface area contributed by atoms with Gasteiger partial charge in [0, 0.05) is 29.6 Å². The van der Waals surface area contributed by atoms with Crippen LogP contribution in [0.15, 0.2) is 12.3 Å². The van der Waals surface area contributed by atoms with Crippen LogP contribution in [0.1, 0.15) is 49.7 Å². The summed E-state index contributed by atoms with van der Waals surface area (Å²) in [7, 11) is 0. The smallest absolute Gasteiger partial charge is 0.171 e. The van der Waals surface area contributed by atoms with E-state index in [2.05, 4.69) is 25.8 Å². The first kappa shape index (κ1) is 12.8. The van der Waals surface area contributed by atoms with Crippen molar-refractivity contribution in [2.45, 2.75) is 46.1 Å². The molecule has 3 nitrogen and oxygen atoms in total. The van der Waals surface area contributed by atoms with Gasteiger partial charge in [-0.1, -0.05) is 32.4 Å². The largest absolute Gasteiger partial charge is 0.313 e. The SMILES string of the molecule is [2H]N1CCC2(Cc3ncc(Cl)cc3C2=O)CC1C(C)(C)C. The molecule has 2 aliphatic rings. The van der Waals surface area contributed by atoms with E-state index in [0.29, 0.717) is 23.6 Å². The third kappa shape index (κ3) is 2.17. The van der Waals surface area contributed by atoms with Gasteiger partial charge in [0.15, 0.2) is 5.78 Å². The first-order valence-corrected chi connectivity index (χ1v) is 7.55. The van der Waals surface area contributed by atoms with Crippen molar-refractivity contribution in [3.8, 4) is 0 Å². The predicted molar refractivity (Wildman–Crippen MR) is 80.2 cm³/mol. The van der Waals surface area contributed by atoms with Crippen LogP contribution < -0.4 is 5.31 Å². The number of halogens is 1. The van der Waals surface area contributed by atoms with Gasteiger partial charge < -0.3 is 5.31 Å². The highest BCUT2D eigenvalue weighted by atomic mass is 35.5. The summed E-state index contributed by atoms with van der Waals surface area (Å²) in [6, 6.07) is 1.83. The lowest BCUT2D eigenvalue weighted by molar-refractivity contribution is 0.0638. The molecule has 108 valence electrons. The third-order valence-corrected chi connectivity index (χ3v) is 4.90. The van der Waals surface area contributed by atoms with E-state index in [4.69, 9.17) is 13.0 Å². The summed E-state index contributed by atoms with van der Waals surface area (Å²) in [6.45, 7) is 7.05. The fraction of sp³-hybridized carbons (Fsp3) is 0.625. The average Bonchev–Trinajstić information content (AvgIpc) is 2.65. The van der Waals surface area contributed by atoms with Crippen LogP contribution in [0.5, 0.6) is 0 Å². The normalized spacial score (nSPS) is 31.5. The Bertz CT molecular complexity index is 598. The van der Waals surface area contributed by atoms with E-state index in [1.807, 2.05) is 0 Å². The van der Waals surface area contributed by atoms with Crippen molar-refractivity contribution in [2.75, 3.05) is 6.54 Å². The number of hydrogen-bond acceptors (Lipinski definition) is 3. The molecule has 4 heteroatoms. The number of aromatic nitrogens is 1. The highest BCUT2D eigenvalue weighted by Gasteiger charge is 2.50. The summed E-state index contributed by atoms with van der Waals surface area (Å²) in [5, 5.41) is 2.17. The summed E-state index contributed by atoms with van der Waals surface area (Å²) in [6.07, 6.45) is 3.77. The topological polar surface area (TPSA) is 42.0 Å². The summed E-state index contributed by atoms with van der Waals surface area (Å²) in [4.78, 5) is 17.3. The van der Waals surface area contributed by atoms with Gasteiger partial charge in [-0.3, -0.25) is 9.78 Å². The van der Waals surface area contributed by atoms with E-state index in [1.165, 1.54) is 0 Å². The van der Waals surface area contributed by atoms with Crippen LogP contribution in [0, 0.1) is 10.8 Å². The first-order chi connectivity index (χ1) is 9.73. The van der Waals surface area contributed by atoms with Gasteiger partial charge in [0.2, 0.25) is 0 Å². The van der Waals surface area contributed by atoms with Crippen LogP contribution in [0.3, 0.4) is 0 Å². The number of carbonyl (C=O) groups excluding carboxylic acids is 1. The quantitative estimate of drug-likeness (QED) is 0.798. The minimum absolute atomic E-state index is 0.0186. The van der Waals surface area contributed by atoms with E-state index in [0.717, 1.165) is 18.5 Å². The number of ketones is 1. The molecule has 0 amide bonds. The number of carbonyl (C=O) groups is 1. The second-order valence-electron chi connectivity index (χ2n) is 7.18. The maximum atomic E-state index is 12.9. The number of pyridine rings is 1. The average molecular weight is 294 g/mol. The number of hydrogen-bond donors (Lipinski definition) is 1. The summed E-state index contributed by atoms with van der Waals surface area (Å²) in [5.41, 5.74) is 1.16. The summed E-state index contributed by atoms with van der Waals surface area (Å²) < 4.78 is 8.18. The molecule has 1 N–H and O–H groups in total. The minimum Gasteiger partial charge on any atom is -0.313 e. The Labute approximate surface area is 126 Å². The highest BCUT2D eigenvalue weighted by Crippen LogP contribution is 2.46. The van der Waals surface area contributed by atoms with Crippen molar-refractivity contribution in [3.63, 3.8) is 0 Å². The zero-order chi connectivity index (χ0) is 15.4. The Morgan fingerprint density at radius 2 is 2.30 bits per heavy atom. The number of piperidine rings is 1. The number of fused-ring (bicyclic) bond motifs is 1. The van der Waals surface area contributed by atoms with Crippen molar-refractivity contribution in [3.05, 3.63) is 28.5 Å². The molecule has 0 bridgehead atoms. The molecule has 1 aromatic rings. The molecule has 0 aromatic carbocycles. The second kappa shape index (κ2) is 4.54. The number of nitrogens with zero attached hydrogens (tertiary/aromatic N) is 1. The van der Waals surface area contributed by atoms with E-state index in [1.54, 1.807) is 17.6 Å². The lowest BCUT2D eigenvalue weighted by Crippen LogP contribution is -2.52.